The molecule has 0 N–H and O–H groups in total. The van der Waals surface area contributed by atoms with Gasteiger partial charge in [0.15, 0.2) is 0 Å². The van der Waals surface area contributed by atoms with E-state index in [0.29, 0.717) is 17.2 Å². The van der Waals surface area contributed by atoms with E-state index in [4.69, 9.17) is 4.74 Å². The van der Waals surface area contributed by atoms with Crippen molar-refractivity contribution >= 4 is 16.2 Å². The Balaban J connectivity index is 1.96. The molecule has 0 bridgehead atoms. The molecule has 0 aliphatic heterocycles. The highest BCUT2D eigenvalue weighted by Crippen LogP contribution is 3.02. The van der Waals surface area contributed by atoms with E-state index < -0.39 is 32.7 Å². The first-order chi connectivity index (χ1) is 14.9. The molecule has 0 heterocycles. The Labute approximate surface area is 187 Å². The van der Waals surface area contributed by atoms with Gasteiger partial charge < -0.3 is 4.74 Å². The number of carbonyl (C=O) groups excluding carboxylic acids is 1. The van der Waals surface area contributed by atoms with Gasteiger partial charge in [0.25, 0.3) is 0 Å². The Hall–Kier alpha value is -2.94. The molecule has 0 unspecified atom stereocenters. The molecule has 3 rings (SSSR count). The molecule has 0 saturated heterocycles. The van der Waals surface area contributed by atoms with Crippen LogP contribution in [-0.2, 0) is 0 Å². The third kappa shape index (κ3) is 5.19. The lowest BCUT2D eigenvalue weighted by Crippen LogP contribution is -2.13. The van der Waals surface area contributed by atoms with Gasteiger partial charge in [0.2, 0.25) is 0 Å². The minimum Gasteiger partial charge on any atom is -0.423 e. The third-order valence-electron chi connectivity index (χ3n) is 5.23. The van der Waals surface area contributed by atoms with Crippen LogP contribution in [0.4, 0.5) is 23.8 Å². The number of esters is 1. The number of carbonyl (C=O) groups is 1. The number of hydrogen-bond donors (Lipinski definition) is 0. The first-order valence-corrected chi connectivity index (χ1v) is 11.8. The molecular weight excluding hydrogens is 466 g/mol. The fourth-order valence-corrected chi connectivity index (χ4v) is 4.83. The standard InChI is InChI=1S/C24H22F6O2S/c1-13-8-14(2)22(15(3)9-13)18-10-16(4)23(17(5)11-18)24(31)32-19-6-7-21(20(25)12-19)33(26,27,28,29)30/h6-12H,1-5H3. The molecule has 33 heavy (non-hydrogen) atoms. The first-order valence-electron chi connectivity index (χ1n) is 9.82. The fraction of sp³-hybridized carbons (Fsp3) is 0.208. The molecule has 0 spiro atoms. The minimum absolute atomic E-state index is 0.120. The van der Waals surface area contributed by atoms with E-state index in [2.05, 4.69) is 0 Å². The smallest absolute Gasteiger partial charge is 0.344 e. The summed E-state index contributed by atoms with van der Waals surface area (Å²) in [4.78, 5) is 10.0. The van der Waals surface area contributed by atoms with Crippen molar-refractivity contribution in [1.29, 1.82) is 0 Å². The summed E-state index contributed by atoms with van der Waals surface area (Å²) >= 11 is 0. The molecule has 0 atom stereocenters. The molecule has 0 aliphatic rings. The van der Waals surface area contributed by atoms with Gasteiger partial charge in [0, 0.05) is 6.07 Å². The van der Waals surface area contributed by atoms with Crippen molar-refractivity contribution in [1.82, 2.24) is 0 Å². The van der Waals surface area contributed by atoms with Crippen LogP contribution in [-0.4, -0.2) is 5.97 Å². The second-order valence-electron chi connectivity index (χ2n) is 8.21. The van der Waals surface area contributed by atoms with E-state index in [1.54, 1.807) is 26.0 Å². The molecule has 0 radical (unpaired) electrons. The molecule has 0 aliphatic carbocycles. The van der Waals surface area contributed by atoms with E-state index in [-0.39, 0.29) is 17.7 Å². The monoisotopic (exact) mass is 488 g/mol. The molecule has 3 aromatic rings. The van der Waals surface area contributed by atoms with E-state index in [1.807, 2.05) is 32.9 Å². The van der Waals surface area contributed by atoms with Crippen molar-refractivity contribution in [3.63, 3.8) is 0 Å². The number of aryl methyl sites for hydroxylation is 5. The zero-order valence-corrected chi connectivity index (χ0v) is 19.4. The molecule has 3 aromatic carbocycles. The second-order valence-corrected chi connectivity index (χ2v) is 10.6. The predicted octanol–water partition coefficient (Wildman–Crippen LogP) is 8.91. The fourth-order valence-electron chi connectivity index (χ4n) is 4.08. The van der Waals surface area contributed by atoms with Crippen LogP contribution in [0.2, 0.25) is 0 Å². The van der Waals surface area contributed by atoms with Crippen molar-refractivity contribution in [2.75, 3.05) is 0 Å². The Kier molecular flexibility index (Phi) is 5.45. The van der Waals surface area contributed by atoms with Gasteiger partial charge in [-0.3, -0.25) is 0 Å². The summed E-state index contributed by atoms with van der Waals surface area (Å²) in [5.74, 6) is -3.77. The topological polar surface area (TPSA) is 26.3 Å². The summed E-state index contributed by atoms with van der Waals surface area (Å²) in [7, 11) is -10.2. The highest BCUT2D eigenvalue weighted by atomic mass is 32.5. The second kappa shape index (κ2) is 7.28. The average Bonchev–Trinajstić information content (AvgIpc) is 2.57. The molecule has 178 valence electrons. The van der Waals surface area contributed by atoms with Gasteiger partial charge in [-0.2, -0.15) is 0 Å². The quantitative estimate of drug-likeness (QED) is 0.208. The van der Waals surface area contributed by atoms with Crippen LogP contribution < -0.4 is 4.74 Å². The maximum Gasteiger partial charge on any atom is 0.344 e. The van der Waals surface area contributed by atoms with Crippen LogP contribution in [0.5, 0.6) is 5.75 Å². The lowest BCUT2D eigenvalue weighted by Gasteiger charge is -2.40. The maximum absolute atomic E-state index is 13.8. The van der Waals surface area contributed by atoms with Gasteiger partial charge in [0.05, 0.1) is 5.56 Å². The lowest BCUT2D eigenvalue weighted by molar-refractivity contribution is 0.0733. The molecule has 2 nitrogen and oxygen atoms in total. The number of hydrogen-bond acceptors (Lipinski definition) is 2. The van der Waals surface area contributed by atoms with Crippen LogP contribution in [0, 0.1) is 40.4 Å². The predicted molar refractivity (Wildman–Crippen MR) is 118 cm³/mol. The number of benzene rings is 3. The molecular formula is C24H22F6O2S. The van der Waals surface area contributed by atoms with E-state index in [1.165, 1.54) is 0 Å². The molecule has 0 saturated carbocycles. The van der Waals surface area contributed by atoms with E-state index in [0.717, 1.165) is 27.8 Å². The van der Waals surface area contributed by atoms with Crippen LogP contribution in [0.25, 0.3) is 11.1 Å². The van der Waals surface area contributed by atoms with Crippen molar-refractivity contribution in [3.05, 3.63) is 81.7 Å². The zero-order chi connectivity index (χ0) is 25.0. The van der Waals surface area contributed by atoms with Gasteiger partial charge >= 0.3 is 16.2 Å². The highest BCUT2D eigenvalue weighted by molar-refractivity contribution is 8.45. The van der Waals surface area contributed by atoms with Crippen molar-refractivity contribution in [2.24, 2.45) is 0 Å². The Morgan fingerprint density at radius 1 is 0.758 bits per heavy atom. The molecule has 0 fully saturated rings. The summed E-state index contributed by atoms with van der Waals surface area (Å²) in [6, 6.07) is 8.15. The lowest BCUT2D eigenvalue weighted by atomic mass is 9.90. The van der Waals surface area contributed by atoms with E-state index >= 15 is 0 Å². The Morgan fingerprint density at radius 2 is 1.27 bits per heavy atom. The normalized spacial score (nSPS) is 13.9. The van der Waals surface area contributed by atoms with Crippen molar-refractivity contribution in [2.45, 2.75) is 39.5 Å². The average molecular weight is 488 g/mol. The number of rotatable bonds is 4. The minimum atomic E-state index is -10.2. The highest BCUT2D eigenvalue weighted by Gasteiger charge is 2.67. The summed E-state index contributed by atoms with van der Waals surface area (Å²) in [5, 5.41) is 0. The summed E-state index contributed by atoms with van der Waals surface area (Å²) in [5.41, 5.74) is 6.35. The van der Waals surface area contributed by atoms with Crippen LogP contribution in [0.15, 0.2) is 47.4 Å². The summed E-state index contributed by atoms with van der Waals surface area (Å²) in [6.45, 7) is 9.29. The SMILES string of the molecule is Cc1cc(C)c(-c2cc(C)c(C(=O)Oc3ccc(S(F)(F)(F)(F)F)c(F)c3)c(C)c2)c(C)c1. The van der Waals surface area contributed by atoms with Crippen LogP contribution >= 0.6 is 10.2 Å². The van der Waals surface area contributed by atoms with Gasteiger partial charge in [-0.25, -0.2) is 9.18 Å². The largest absolute Gasteiger partial charge is 0.423 e. The van der Waals surface area contributed by atoms with E-state index in [9.17, 15) is 28.6 Å². The molecule has 9 heteroatoms. The maximum atomic E-state index is 13.8. The Bertz CT molecular complexity index is 1250. The van der Waals surface area contributed by atoms with Gasteiger partial charge in [0.1, 0.15) is 16.5 Å². The number of ether oxygens (including phenoxy) is 1. The third-order valence-corrected chi connectivity index (χ3v) is 6.39. The summed E-state index contributed by atoms with van der Waals surface area (Å²) in [6.07, 6.45) is 0. The molecule has 0 aromatic heterocycles. The van der Waals surface area contributed by atoms with Crippen LogP contribution in [0.1, 0.15) is 38.2 Å². The molecule has 0 amide bonds. The first kappa shape index (κ1) is 24.7. The van der Waals surface area contributed by atoms with Crippen molar-refractivity contribution < 1.29 is 33.4 Å². The van der Waals surface area contributed by atoms with Gasteiger partial charge in [-0.15, -0.1) is 0 Å². The van der Waals surface area contributed by atoms with Gasteiger partial charge in [-0.1, -0.05) is 49.3 Å². The van der Waals surface area contributed by atoms with Crippen molar-refractivity contribution in [3.8, 4) is 16.9 Å². The van der Waals surface area contributed by atoms with Crippen LogP contribution in [0.3, 0.4) is 0 Å². The summed E-state index contributed by atoms with van der Waals surface area (Å²) < 4.78 is 83.2. The zero-order valence-electron chi connectivity index (χ0n) is 18.5. The van der Waals surface area contributed by atoms with Gasteiger partial charge in [-0.05, 0) is 80.1 Å². The number of halogens is 6. The Morgan fingerprint density at radius 3 is 1.73 bits per heavy atom.